The molecule has 0 bridgehead atoms. The third kappa shape index (κ3) is 4.66. The van der Waals surface area contributed by atoms with E-state index in [9.17, 15) is 13.2 Å². The molecule has 1 aromatic heterocycles. The lowest BCUT2D eigenvalue weighted by molar-refractivity contribution is -0.119. The van der Waals surface area contributed by atoms with E-state index in [4.69, 9.17) is 0 Å². The number of nitrogens with zero attached hydrogens (tertiary/aromatic N) is 2. The highest BCUT2D eigenvalue weighted by molar-refractivity contribution is 7.92. The van der Waals surface area contributed by atoms with Gasteiger partial charge in [0.2, 0.25) is 5.91 Å². The number of amides is 1. The Hall–Kier alpha value is -2.15. The van der Waals surface area contributed by atoms with E-state index in [2.05, 4.69) is 10.3 Å². The first-order chi connectivity index (χ1) is 10.9. The fraction of sp³-hybridized carbons (Fsp3) is 0.375. The van der Waals surface area contributed by atoms with Gasteiger partial charge in [0.25, 0.3) is 0 Å². The molecule has 7 heteroatoms. The SMILES string of the molecule is CCCS(=O)(=O)CC(=O)NC(c1ccccc1)c1nccn1C. The Kier molecular flexibility index (Phi) is 5.54. The lowest BCUT2D eigenvalue weighted by Crippen LogP contribution is -2.35. The summed E-state index contributed by atoms with van der Waals surface area (Å²) in [6.07, 6.45) is 3.92. The van der Waals surface area contributed by atoms with Crippen LogP contribution < -0.4 is 5.32 Å². The molecule has 0 aliphatic heterocycles. The molecule has 2 aromatic rings. The zero-order chi connectivity index (χ0) is 16.9. The van der Waals surface area contributed by atoms with Crippen LogP contribution >= 0.6 is 0 Å². The van der Waals surface area contributed by atoms with Crippen molar-refractivity contribution < 1.29 is 13.2 Å². The van der Waals surface area contributed by atoms with Gasteiger partial charge in [-0.2, -0.15) is 0 Å². The number of aromatic nitrogens is 2. The van der Waals surface area contributed by atoms with Crippen molar-refractivity contribution in [3.63, 3.8) is 0 Å². The molecule has 1 aromatic carbocycles. The maximum absolute atomic E-state index is 12.2. The molecule has 1 heterocycles. The summed E-state index contributed by atoms with van der Waals surface area (Å²) in [5, 5.41) is 2.79. The van der Waals surface area contributed by atoms with Crippen LogP contribution in [0.3, 0.4) is 0 Å². The number of carbonyl (C=O) groups is 1. The Labute approximate surface area is 136 Å². The number of benzene rings is 1. The Bertz CT molecular complexity index is 754. The number of sulfone groups is 1. The summed E-state index contributed by atoms with van der Waals surface area (Å²) in [6.45, 7) is 1.77. The Morgan fingerprint density at radius 3 is 2.57 bits per heavy atom. The van der Waals surface area contributed by atoms with E-state index in [1.807, 2.05) is 37.4 Å². The summed E-state index contributed by atoms with van der Waals surface area (Å²) in [5.74, 6) is -0.360. The van der Waals surface area contributed by atoms with Gasteiger partial charge in [-0.3, -0.25) is 4.79 Å². The topological polar surface area (TPSA) is 81.1 Å². The van der Waals surface area contributed by atoms with E-state index in [0.29, 0.717) is 12.2 Å². The van der Waals surface area contributed by atoms with E-state index < -0.39 is 27.5 Å². The summed E-state index contributed by atoms with van der Waals surface area (Å²) in [4.78, 5) is 16.5. The summed E-state index contributed by atoms with van der Waals surface area (Å²) < 4.78 is 25.5. The lowest BCUT2D eigenvalue weighted by atomic mass is 10.1. The molecule has 0 aliphatic carbocycles. The van der Waals surface area contributed by atoms with E-state index >= 15 is 0 Å². The van der Waals surface area contributed by atoms with Crippen molar-refractivity contribution in [1.29, 1.82) is 0 Å². The van der Waals surface area contributed by atoms with Crippen molar-refractivity contribution in [3.8, 4) is 0 Å². The van der Waals surface area contributed by atoms with Gasteiger partial charge >= 0.3 is 0 Å². The van der Waals surface area contributed by atoms with Crippen LogP contribution in [0.5, 0.6) is 0 Å². The third-order valence-electron chi connectivity index (χ3n) is 3.42. The predicted octanol–water partition coefficient (Wildman–Crippen LogP) is 1.45. The van der Waals surface area contributed by atoms with Gasteiger partial charge in [-0.25, -0.2) is 13.4 Å². The van der Waals surface area contributed by atoms with Gasteiger partial charge in [0, 0.05) is 19.4 Å². The average molecular weight is 335 g/mol. The molecule has 0 saturated heterocycles. The minimum atomic E-state index is -3.38. The van der Waals surface area contributed by atoms with Crippen LogP contribution in [-0.4, -0.2) is 35.4 Å². The molecule has 0 fully saturated rings. The maximum Gasteiger partial charge on any atom is 0.236 e. The fourth-order valence-electron chi connectivity index (χ4n) is 2.38. The number of aryl methyl sites for hydroxylation is 1. The highest BCUT2D eigenvalue weighted by atomic mass is 32.2. The molecule has 124 valence electrons. The minimum Gasteiger partial charge on any atom is -0.341 e. The highest BCUT2D eigenvalue weighted by Gasteiger charge is 2.23. The third-order valence-corrected chi connectivity index (χ3v) is 5.15. The zero-order valence-corrected chi connectivity index (χ0v) is 14.1. The van der Waals surface area contributed by atoms with E-state index in [1.165, 1.54) is 0 Å². The number of rotatable bonds is 7. The summed E-state index contributed by atoms with van der Waals surface area (Å²) in [5.41, 5.74) is 0.850. The molecule has 0 radical (unpaired) electrons. The summed E-state index contributed by atoms with van der Waals surface area (Å²) >= 11 is 0. The summed E-state index contributed by atoms with van der Waals surface area (Å²) in [6, 6.07) is 8.88. The van der Waals surface area contributed by atoms with E-state index in [-0.39, 0.29) is 5.75 Å². The van der Waals surface area contributed by atoms with Gasteiger partial charge in [-0.05, 0) is 12.0 Å². The molecule has 0 saturated carbocycles. The Morgan fingerprint density at radius 2 is 2.00 bits per heavy atom. The molecule has 1 amide bonds. The number of imidazole rings is 1. The van der Waals surface area contributed by atoms with Gasteiger partial charge in [-0.15, -0.1) is 0 Å². The Morgan fingerprint density at radius 1 is 1.30 bits per heavy atom. The van der Waals surface area contributed by atoms with Gasteiger partial charge in [0.15, 0.2) is 9.84 Å². The largest absolute Gasteiger partial charge is 0.341 e. The van der Waals surface area contributed by atoms with Crippen LogP contribution in [0.4, 0.5) is 0 Å². The van der Waals surface area contributed by atoms with Crippen molar-refractivity contribution >= 4 is 15.7 Å². The number of hydrogen-bond acceptors (Lipinski definition) is 4. The molecule has 0 aliphatic rings. The zero-order valence-electron chi connectivity index (χ0n) is 13.3. The van der Waals surface area contributed by atoms with Crippen molar-refractivity contribution in [3.05, 3.63) is 54.1 Å². The van der Waals surface area contributed by atoms with Crippen LogP contribution in [0.2, 0.25) is 0 Å². The van der Waals surface area contributed by atoms with Crippen molar-refractivity contribution in [1.82, 2.24) is 14.9 Å². The first kappa shape index (κ1) is 17.2. The lowest BCUT2D eigenvalue weighted by Gasteiger charge is -2.19. The standard InChI is InChI=1S/C16H21N3O3S/c1-3-11-23(21,22)12-14(20)18-15(13-7-5-4-6-8-13)16-17-9-10-19(16)2/h4-10,15H,3,11-12H2,1-2H3,(H,18,20). The molecule has 6 nitrogen and oxygen atoms in total. The van der Waals surface area contributed by atoms with Gasteiger partial charge < -0.3 is 9.88 Å². The van der Waals surface area contributed by atoms with Crippen LogP contribution in [0.1, 0.15) is 30.8 Å². The number of nitrogens with one attached hydrogen (secondary N) is 1. The molecule has 23 heavy (non-hydrogen) atoms. The van der Waals surface area contributed by atoms with Crippen LogP contribution in [0.15, 0.2) is 42.7 Å². The van der Waals surface area contributed by atoms with Crippen molar-refractivity contribution in [2.24, 2.45) is 7.05 Å². The molecule has 2 rings (SSSR count). The number of carbonyl (C=O) groups excluding carboxylic acids is 1. The smallest absolute Gasteiger partial charge is 0.236 e. The maximum atomic E-state index is 12.2. The van der Waals surface area contributed by atoms with Gasteiger partial charge in [0.05, 0.1) is 5.75 Å². The average Bonchev–Trinajstić information content (AvgIpc) is 2.91. The van der Waals surface area contributed by atoms with E-state index in [0.717, 1.165) is 5.56 Å². The molecule has 1 unspecified atom stereocenters. The van der Waals surface area contributed by atoms with Crippen LogP contribution in [0.25, 0.3) is 0 Å². The minimum absolute atomic E-state index is 0.0127. The first-order valence-corrected chi connectivity index (χ1v) is 9.27. The van der Waals surface area contributed by atoms with Crippen LogP contribution in [-0.2, 0) is 21.7 Å². The van der Waals surface area contributed by atoms with Gasteiger partial charge in [0.1, 0.15) is 17.6 Å². The predicted molar refractivity (Wildman–Crippen MR) is 88.6 cm³/mol. The molecule has 1 atom stereocenters. The normalized spacial score (nSPS) is 12.8. The van der Waals surface area contributed by atoms with Crippen molar-refractivity contribution in [2.75, 3.05) is 11.5 Å². The Balaban J connectivity index is 2.23. The first-order valence-electron chi connectivity index (χ1n) is 7.45. The fourth-order valence-corrected chi connectivity index (χ4v) is 3.63. The van der Waals surface area contributed by atoms with Gasteiger partial charge in [-0.1, -0.05) is 37.3 Å². The quantitative estimate of drug-likeness (QED) is 0.830. The molecular weight excluding hydrogens is 314 g/mol. The second kappa shape index (κ2) is 7.41. The van der Waals surface area contributed by atoms with E-state index in [1.54, 1.807) is 23.9 Å². The summed E-state index contributed by atoms with van der Waals surface area (Å²) in [7, 11) is -1.55. The van der Waals surface area contributed by atoms with Crippen LogP contribution in [0, 0.1) is 0 Å². The van der Waals surface area contributed by atoms with Crippen molar-refractivity contribution in [2.45, 2.75) is 19.4 Å². The molecule has 0 spiro atoms. The second-order valence-electron chi connectivity index (χ2n) is 5.40. The molecular formula is C16H21N3O3S. The monoisotopic (exact) mass is 335 g/mol. The number of hydrogen-bond donors (Lipinski definition) is 1. The highest BCUT2D eigenvalue weighted by Crippen LogP contribution is 2.20. The molecule has 1 N–H and O–H groups in total. The second-order valence-corrected chi connectivity index (χ2v) is 7.58.